The molecular weight excluding hydrogens is 354 g/mol. The maximum Gasteiger partial charge on any atom is 0.411 e. The lowest BCUT2D eigenvalue weighted by molar-refractivity contribution is -0.116. The highest BCUT2D eigenvalue weighted by Gasteiger charge is 2.15. The first-order valence-corrected chi connectivity index (χ1v) is 8.65. The highest BCUT2D eigenvalue weighted by atomic mass is 35.5. The monoisotopic (exact) mass is 375 g/mol. The smallest absolute Gasteiger partial charge is 0.411 e. The van der Waals surface area contributed by atoms with E-state index in [0.29, 0.717) is 23.0 Å². The molecular formula is C19H22ClN3O3. The van der Waals surface area contributed by atoms with Gasteiger partial charge in [0, 0.05) is 22.1 Å². The molecule has 0 saturated heterocycles. The van der Waals surface area contributed by atoms with E-state index in [1.807, 2.05) is 13.0 Å². The Kier molecular flexibility index (Phi) is 6.86. The summed E-state index contributed by atoms with van der Waals surface area (Å²) in [4.78, 5) is 24.0. The summed E-state index contributed by atoms with van der Waals surface area (Å²) in [7, 11) is 0. The van der Waals surface area contributed by atoms with Crippen molar-refractivity contribution in [3.05, 3.63) is 53.1 Å². The van der Waals surface area contributed by atoms with Gasteiger partial charge in [-0.1, -0.05) is 17.7 Å². The van der Waals surface area contributed by atoms with Gasteiger partial charge in [-0.05, 0) is 62.7 Å². The Morgan fingerprint density at radius 3 is 2.38 bits per heavy atom. The summed E-state index contributed by atoms with van der Waals surface area (Å²) in [5.41, 5.74) is 2.85. The molecule has 0 radical (unpaired) electrons. The van der Waals surface area contributed by atoms with Gasteiger partial charge in [0.05, 0.1) is 6.61 Å². The zero-order valence-electron chi connectivity index (χ0n) is 14.9. The summed E-state index contributed by atoms with van der Waals surface area (Å²) in [6.45, 7) is 5.65. The summed E-state index contributed by atoms with van der Waals surface area (Å²) in [6.07, 6.45) is -0.513. The topological polar surface area (TPSA) is 79.5 Å². The quantitative estimate of drug-likeness (QED) is 0.686. The molecule has 1 unspecified atom stereocenters. The van der Waals surface area contributed by atoms with E-state index in [1.54, 1.807) is 50.2 Å². The molecule has 1 atom stereocenters. The van der Waals surface area contributed by atoms with E-state index in [2.05, 4.69) is 16.0 Å². The second-order valence-corrected chi connectivity index (χ2v) is 6.12. The molecule has 0 aliphatic heterocycles. The maximum absolute atomic E-state index is 12.4. The summed E-state index contributed by atoms with van der Waals surface area (Å²) >= 11 is 5.84. The second kappa shape index (κ2) is 9.10. The van der Waals surface area contributed by atoms with Crippen molar-refractivity contribution in [1.29, 1.82) is 0 Å². The number of benzene rings is 2. The number of carbonyl (C=O) groups is 2. The van der Waals surface area contributed by atoms with Crippen LogP contribution in [0.5, 0.6) is 0 Å². The second-order valence-electron chi connectivity index (χ2n) is 5.69. The Morgan fingerprint density at radius 2 is 1.73 bits per heavy atom. The van der Waals surface area contributed by atoms with E-state index < -0.39 is 12.1 Å². The van der Waals surface area contributed by atoms with Gasteiger partial charge in [-0.25, -0.2) is 4.79 Å². The van der Waals surface area contributed by atoms with Gasteiger partial charge in [0.15, 0.2) is 0 Å². The number of hydrogen-bond donors (Lipinski definition) is 3. The number of ether oxygens (including phenoxy) is 1. The van der Waals surface area contributed by atoms with E-state index in [0.717, 1.165) is 11.3 Å². The summed E-state index contributed by atoms with van der Waals surface area (Å²) in [5.74, 6) is -0.185. The molecule has 0 spiro atoms. The van der Waals surface area contributed by atoms with Gasteiger partial charge >= 0.3 is 6.09 Å². The third kappa shape index (κ3) is 5.39. The largest absolute Gasteiger partial charge is 0.450 e. The van der Waals surface area contributed by atoms with Crippen molar-refractivity contribution in [2.75, 3.05) is 22.6 Å². The average Bonchev–Trinajstić information content (AvgIpc) is 2.60. The first kappa shape index (κ1) is 19.6. The first-order chi connectivity index (χ1) is 12.4. The van der Waals surface area contributed by atoms with Crippen molar-refractivity contribution >= 4 is 40.7 Å². The van der Waals surface area contributed by atoms with Crippen LogP contribution < -0.4 is 16.0 Å². The minimum atomic E-state index is -0.513. The molecule has 0 bridgehead atoms. The third-order valence-electron chi connectivity index (χ3n) is 3.72. The molecule has 0 aliphatic rings. The number of carbonyl (C=O) groups excluding carboxylic acids is 2. The zero-order chi connectivity index (χ0) is 19.1. The Bertz CT molecular complexity index is 778. The standard InChI is InChI=1S/C19H22ClN3O3/c1-4-26-19(25)23-17-7-5-6-16(12(17)2)21-13(3)18(24)22-15-10-8-14(20)9-11-15/h5-11,13,21H,4H2,1-3H3,(H,22,24)(H,23,25). The molecule has 138 valence electrons. The molecule has 3 N–H and O–H groups in total. The molecule has 7 heteroatoms. The van der Waals surface area contributed by atoms with Crippen molar-refractivity contribution in [1.82, 2.24) is 0 Å². The summed E-state index contributed by atoms with van der Waals surface area (Å²) in [6, 6.07) is 11.8. The molecule has 6 nitrogen and oxygen atoms in total. The van der Waals surface area contributed by atoms with Crippen LogP contribution in [0.2, 0.25) is 5.02 Å². The van der Waals surface area contributed by atoms with E-state index >= 15 is 0 Å². The number of hydrogen-bond acceptors (Lipinski definition) is 4. The maximum atomic E-state index is 12.4. The highest BCUT2D eigenvalue weighted by molar-refractivity contribution is 6.30. The molecule has 0 fully saturated rings. The highest BCUT2D eigenvalue weighted by Crippen LogP contribution is 2.24. The van der Waals surface area contributed by atoms with Gasteiger partial charge in [0.2, 0.25) is 5.91 Å². The van der Waals surface area contributed by atoms with Gasteiger partial charge in [-0.15, -0.1) is 0 Å². The van der Waals surface area contributed by atoms with Gasteiger partial charge in [-0.2, -0.15) is 0 Å². The Morgan fingerprint density at radius 1 is 1.08 bits per heavy atom. The number of rotatable bonds is 6. The molecule has 0 aromatic heterocycles. The lowest BCUT2D eigenvalue weighted by atomic mass is 10.1. The van der Waals surface area contributed by atoms with Crippen LogP contribution in [0.3, 0.4) is 0 Å². The van der Waals surface area contributed by atoms with Crippen LogP contribution in [0.25, 0.3) is 0 Å². The normalized spacial score (nSPS) is 11.4. The average molecular weight is 376 g/mol. The van der Waals surface area contributed by atoms with Gasteiger partial charge in [0.25, 0.3) is 0 Å². The lowest BCUT2D eigenvalue weighted by Crippen LogP contribution is -2.32. The van der Waals surface area contributed by atoms with Crippen molar-refractivity contribution < 1.29 is 14.3 Å². The molecule has 2 rings (SSSR count). The molecule has 0 aliphatic carbocycles. The predicted molar refractivity (Wildman–Crippen MR) is 105 cm³/mol. The van der Waals surface area contributed by atoms with Gasteiger partial charge < -0.3 is 15.4 Å². The first-order valence-electron chi connectivity index (χ1n) is 8.27. The van der Waals surface area contributed by atoms with E-state index in [9.17, 15) is 9.59 Å². The van der Waals surface area contributed by atoms with Crippen LogP contribution in [0, 0.1) is 6.92 Å². The van der Waals surface area contributed by atoms with Crippen molar-refractivity contribution in [3.63, 3.8) is 0 Å². The van der Waals surface area contributed by atoms with Crippen LogP contribution in [0.1, 0.15) is 19.4 Å². The summed E-state index contributed by atoms with van der Waals surface area (Å²) in [5, 5.41) is 9.27. The third-order valence-corrected chi connectivity index (χ3v) is 3.97. The molecule has 2 aromatic rings. The molecule has 2 amide bonds. The zero-order valence-corrected chi connectivity index (χ0v) is 15.7. The molecule has 0 heterocycles. The van der Waals surface area contributed by atoms with Crippen LogP contribution in [0.15, 0.2) is 42.5 Å². The SMILES string of the molecule is CCOC(=O)Nc1cccc(NC(C)C(=O)Nc2ccc(Cl)cc2)c1C. The van der Waals surface area contributed by atoms with Crippen molar-refractivity contribution in [3.8, 4) is 0 Å². The number of nitrogens with one attached hydrogen (secondary N) is 3. The fraction of sp³-hybridized carbons (Fsp3) is 0.263. The molecule has 26 heavy (non-hydrogen) atoms. The number of amides is 2. The van der Waals surface area contributed by atoms with Crippen LogP contribution >= 0.6 is 11.6 Å². The Balaban J connectivity index is 2.03. The van der Waals surface area contributed by atoms with Crippen LogP contribution in [-0.4, -0.2) is 24.6 Å². The van der Waals surface area contributed by atoms with Crippen molar-refractivity contribution in [2.24, 2.45) is 0 Å². The Labute approximate surface area is 157 Å². The van der Waals surface area contributed by atoms with Crippen LogP contribution in [0.4, 0.5) is 21.9 Å². The molecule has 2 aromatic carbocycles. The van der Waals surface area contributed by atoms with Gasteiger partial charge in [-0.3, -0.25) is 10.1 Å². The van der Waals surface area contributed by atoms with E-state index in [-0.39, 0.29) is 5.91 Å². The number of anilines is 3. The fourth-order valence-electron chi connectivity index (χ4n) is 2.29. The molecule has 0 saturated carbocycles. The van der Waals surface area contributed by atoms with E-state index in [1.165, 1.54) is 0 Å². The summed E-state index contributed by atoms with van der Waals surface area (Å²) < 4.78 is 4.89. The minimum absolute atomic E-state index is 0.185. The lowest BCUT2D eigenvalue weighted by Gasteiger charge is -2.18. The number of halogens is 1. The minimum Gasteiger partial charge on any atom is -0.450 e. The van der Waals surface area contributed by atoms with Crippen LogP contribution in [-0.2, 0) is 9.53 Å². The van der Waals surface area contributed by atoms with E-state index in [4.69, 9.17) is 16.3 Å². The van der Waals surface area contributed by atoms with Gasteiger partial charge in [0.1, 0.15) is 6.04 Å². The Hall–Kier alpha value is -2.73. The fourth-order valence-corrected chi connectivity index (χ4v) is 2.41. The predicted octanol–water partition coefficient (Wildman–Crippen LogP) is 4.66. The van der Waals surface area contributed by atoms with Crippen molar-refractivity contribution in [2.45, 2.75) is 26.8 Å².